The molecule has 23 heavy (non-hydrogen) atoms. The zero-order valence-electron chi connectivity index (χ0n) is 11.9. The van der Waals surface area contributed by atoms with E-state index >= 15 is 0 Å². The molecule has 0 amide bonds. The van der Waals surface area contributed by atoms with Gasteiger partial charge in [0.15, 0.2) is 11.4 Å². The Morgan fingerprint density at radius 1 is 0.826 bits per heavy atom. The number of anilines is 1. The Morgan fingerprint density at radius 2 is 1.48 bits per heavy atom. The topological polar surface area (TPSA) is 100 Å². The molecule has 0 aliphatic carbocycles. The monoisotopic (exact) mass is 298 g/mol. The maximum Gasteiger partial charge on any atom is 0.193 e. The highest BCUT2D eigenvalue weighted by molar-refractivity contribution is 6.09. The molecule has 0 spiro atoms. The van der Waals surface area contributed by atoms with Gasteiger partial charge in [-0.25, -0.2) is 0 Å². The van der Waals surface area contributed by atoms with Crippen molar-refractivity contribution < 1.29 is 4.79 Å². The fourth-order valence-corrected chi connectivity index (χ4v) is 1.92. The summed E-state index contributed by atoms with van der Waals surface area (Å²) >= 11 is 0. The zero-order valence-corrected chi connectivity index (χ0v) is 11.9. The molecule has 0 saturated carbocycles. The summed E-state index contributed by atoms with van der Waals surface area (Å²) in [5.74, 6) is -0.155. The molecule has 2 aromatic rings. The van der Waals surface area contributed by atoms with Gasteiger partial charge in [0, 0.05) is 16.8 Å². The van der Waals surface area contributed by atoms with E-state index in [2.05, 4.69) is 5.32 Å². The van der Waals surface area contributed by atoms with Crippen LogP contribution in [0.25, 0.3) is 0 Å². The first kappa shape index (κ1) is 15.5. The van der Waals surface area contributed by atoms with Gasteiger partial charge in [-0.1, -0.05) is 42.5 Å². The van der Waals surface area contributed by atoms with E-state index < -0.39 is 0 Å². The van der Waals surface area contributed by atoms with Gasteiger partial charge in [-0.3, -0.25) is 4.79 Å². The highest BCUT2D eigenvalue weighted by Crippen LogP contribution is 2.17. The maximum atomic E-state index is 12.4. The quantitative estimate of drug-likeness (QED) is 0.690. The second-order valence-electron chi connectivity index (χ2n) is 4.49. The minimum atomic E-state index is -0.313. The lowest BCUT2D eigenvalue weighted by atomic mass is 10.0. The number of ketones is 1. The van der Waals surface area contributed by atoms with E-state index in [0.29, 0.717) is 16.8 Å². The number of nitrogens with zero attached hydrogens (tertiary/aromatic N) is 3. The Kier molecular flexibility index (Phi) is 4.87. The molecule has 5 nitrogen and oxygen atoms in total. The maximum absolute atomic E-state index is 12.4. The smallest absolute Gasteiger partial charge is 0.193 e. The van der Waals surface area contributed by atoms with Gasteiger partial charge < -0.3 is 5.32 Å². The molecule has 2 rings (SSSR count). The third kappa shape index (κ3) is 3.61. The van der Waals surface area contributed by atoms with Crippen LogP contribution < -0.4 is 5.32 Å². The lowest BCUT2D eigenvalue weighted by Crippen LogP contribution is -2.04. The number of nitriles is 3. The van der Waals surface area contributed by atoms with E-state index in [0.717, 1.165) is 0 Å². The van der Waals surface area contributed by atoms with E-state index in [4.69, 9.17) is 15.8 Å². The summed E-state index contributed by atoms with van der Waals surface area (Å²) in [7, 11) is 0. The molecule has 0 aliphatic heterocycles. The van der Waals surface area contributed by atoms with Gasteiger partial charge in [0.25, 0.3) is 0 Å². The Hall–Kier alpha value is -3.88. The van der Waals surface area contributed by atoms with Crippen molar-refractivity contribution in [2.24, 2.45) is 0 Å². The van der Waals surface area contributed by atoms with Crippen molar-refractivity contribution in [3.63, 3.8) is 0 Å². The molecule has 0 atom stereocenters. The predicted octanol–water partition coefficient (Wildman–Crippen LogP) is 3.15. The Bertz CT molecular complexity index is 877. The molecule has 0 radical (unpaired) electrons. The van der Waals surface area contributed by atoms with Crippen molar-refractivity contribution >= 4 is 11.5 Å². The van der Waals surface area contributed by atoms with Crippen LogP contribution in [0.2, 0.25) is 0 Å². The summed E-state index contributed by atoms with van der Waals surface area (Å²) in [6.45, 7) is 0. The summed E-state index contributed by atoms with van der Waals surface area (Å²) in [6.07, 6.45) is 0. The highest BCUT2D eigenvalue weighted by atomic mass is 16.1. The molecule has 0 aliphatic rings. The van der Waals surface area contributed by atoms with Crippen LogP contribution in [-0.2, 0) is 0 Å². The van der Waals surface area contributed by atoms with Gasteiger partial charge in [0.1, 0.15) is 23.9 Å². The van der Waals surface area contributed by atoms with Crippen LogP contribution in [0, 0.1) is 34.0 Å². The number of carbonyl (C=O) groups is 1. The summed E-state index contributed by atoms with van der Waals surface area (Å²) in [5, 5.41) is 29.4. The number of allylic oxidation sites excluding steroid dienone is 2. The third-order valence-corrected chi connectivity index (χ3v) is 3.02. The number of nitrogens with one attached hydrogen (secondary N) is 1. The van der Waals surface area contributed by atoms with Crippen LogP contribution in [-0.4, -0.2) is 5.78 Å². The highest BCUT2D eigenvalue weighted by Gasteiger charge is 2.10. The normalized spacial score (nSPS) is 8.91. The van der Waals surface area contributed by atoms with Gasteiger partial charge in [0.05, 0.1) is 0 Å². The van der Waals surface area contributed by atoms with E-state index in [1.54, 1.807) is 66.7 Å². The van der Waals surface area contributed by atoms with Gasteiger partial charge in [-0.2, -0.15) is 15.8 Å². The van der Waals surface area contributed by atoms with Crippen LogP contribution in [0.4, 0.5) is 5.69 Å². The first-order chi connectivity index (χ1) is 11.2. The SMILES string of the molecule is N#CC(C#N)=C(C#N)Nc1cccc(C(=O)c2ccccc2)c1. The third-order valence-electron chi connectivity index (χ3n) is 3.02. The molecule has 0 fully saturated rings. The van der Waals surface area contributed by atoms with Crippen molar-refractivity contribution in [2.75, 3.05) is 5.32 Å². The van der Waals surface area contributed by atoms with Gasteiger partial charge in [-0.05, 0) is 12.1 Å². The Morgan fingerprint density at radius 3 is 2.09 bits per heavy atom. The number of carbonyl (C=O) groups excluding carboxylic acids is 1. The van der Waals surface area contributed by atoms with E-state index in [1.165, 1.54) is 0 Å². The van der Waals surface area contributed by atoms with Crippen molar-refractivity contribution in [1.82, 2.24) is 0 Å². The largest absolute Gasteiger partial charge is 0.345 e. The first-order valence-corrected chi connectivity index (χ1v) is 6.61. The standard InChI is InChI=1S/C18H10N4O/c19-10-15(11-20)17(12-21)22-16-8-4-7-14(9-16)18(23)13-5-2-1-3-6-13/h1-9,22H. The predicted molar refractivity (Wildman–Crippen MR) is 83.8 cm³/mol. The summed E-state index contributed by atoms with van der Waals surface area (Å²) in [6, 6.07) is 20.4. The van der Waals surface area contributed by atoms with Crippen molar-refractivity contribution in [3.8, 4) is 18.2 Å². The van der Waals surface area contributed by atoms with E-state index in [-0.39, 0.29) is 17.1 Å². The molecular weight excluding hydrogens is 288 g/mol. The average molecular weight is 298 g/mol. The minimum absolute atomic E-state index is 0.153. The molecule has 0 heterocycles. The molecular formula is C18H10N4O. The second kappa shape index (κ2) is 7.22. The van der Waals surface area contributed by atoms with Crippen molar-refractivity contribution in [1.29, 1.82) is 15.8 Å². The number of hydrogen-bond donors (Lipinski definition) is 1. The van der Waals surface area contributed by atoms with Crippen molar-refractivity contribution in [3.05, 3.63) is 77.0 Å². The molecule has 2 aromatic carbocycles. The zero-order chi connectivity index (χ0) is 16.7. The van der Waals surface area contributed by atoms with Gasteiger partial charge in [-0.15, -0.1) is 0 Å². The summed E-state index contributed by atoms with van der Waals surface area (Å²) in [5.41, 5.74) is 0.974. The lowest BCUT2D eigenvalue weighted by molar-refractivity contribution is 0.103. The second-order valence-corrected chi connectivity index (χ2v) is 4.49. The lowest BCUT2D eigenvalue weighted by Gasteiger charge is -2.07. The van der Waals surface area contributed by atoms with Crippen LogP contribution >= 0.6 is 0 Å². The Labute approximate surface area is 133 Å². The Balaban J connectivity index is 2.34. The van der Waals surface area contributed by atoms with E-state index in [9.17, 15) is 4.79 Å². The molecule has 0 saturated heterocycles. The fraction of sp³-hybridized carbons (Fsp3) is 0. The number of rotatable bonds is 4. The van der Waals surface area contributed by atoms with Crippen LogP contribution in [0.3, 0.4) is 0 Å². The molecule has 108 valence electrons. The molecule has 0 bridgehead atoms. The van der Waals surface area contributed by atoms with Crippen LogP contribution in [0.5, 0.6) is 0 Å². The average Bonchev–Trinajstić information content (AvgIpc) is 2.62. The fourth-order valence-electron chi connectivity index (χ4n) is 1.92. The summed E-state index contributed by atoms with van der Waals surface area (Å²) in [4.78, 5) is 12.4. The van der Waals surface area contributed by atoms with E-state index in [1.807, 2.05) is 6.07 Å². The molecule has 1 N–H and O–H groups in total. The number of hydrogen-bond acceptors (Lipinski definition) is 5. The first-order valence-electron chi connectivity index (χ1n) is 6.61. The molecule has 5 heteroatoms. The van der Waals surface area contributed by atoms with Gasteiger partial charge in [0.2, 0.25) is 0 Å². The van der Waals surface area contributed by atoms with Crippen LogP contribution in [0.15, 0.2) is 65.9 Å². The number of benzene rings is 2. The minimum Gasteiger partial charge on any atom is -0.345 e. The molecule has 0 aromatic heterocycles. The van der Waals surface area contributed by atoms with Gasteiger partial charge >= 0.3 is 0 Å². The molecule has 0 unspecified atom stereocenters. The van der Waals surface area contributed by atoms with Crippen molar-refractivity contribution in [2.45, 2.75) is 0 Å². The summed E-state index contributed by atoms with van der Waals surface area (Å²) < 4.78 is 0. The van der Waals surface area contributed by atoms with Crippen LogP contribution in [0.1, 0.15) is 15.9 Å².